The van der Waals surface area contributed by atoms with Gasteiger partial charge in [-0.1, -0.05) is 17.6 Å². The number of rotatable bonds is 8. The summed E-state index contributed by atoms with van der Waals surface area (Å²) in [5.74, 6) is 2.60. The van der Waals surface area contributed by atoms with Crippen molar-refractivity contribution in [1.29, 1.82) is 0 Å². The minimum Gasteiger partial charge on any atom is -0.493 e. The molecule has 4 rings (SSSR count). The number of nitrogens with one attached hydrogen (secondary N) is 2. The topological polar surface area (TPSA) is 88.6 Å². The first-order valence-corrected chi connectivity index (χ1v) is 11.9. The second kappa shape index (κ2) is 10.8. The lowest BCUT2D eigenvalue weighted by atomic mass is 9.88. The molecule has 1 amide bonds. The SMILES string of the molecule is [B]c1cc(OC)c(OC)cc1CC(=O)NC1CCC(Nc2nc(N(C)C)c3ccccc3n2)CC1. The van der Waals surface area contributed by atoms with Crippen molar-refractivity contribution >= 4 is 41.9 Å². The molecule has 8 nitrogen and oxygen atoms in total. The van der Waals surface area contributed by atoms with Gasteiger partial charge in [-0.15, -0.1) is 0 Å². The average molecular weight is 473 g/mol. The Hall–Kier alpha value is -3.49. The molecule has 1 aliphatic rings. The van der Waals surface area contributed by atoms with Crippen LogP contribution in [0.4, 0.5) is 11.8 Å². The number of para-hydroxylation sites is 1. The minimum atomic E-state index is -0.0474. The first-order valence-electron chi connectivity index (χ1n) is 11.9. The molecule has 182 valence electrons. The Bertz CT molecular complexity index is 1200. The summed E-state index contributed by atoms with van der Waals surface area (Å²) in [6, 6.07) is 11.9. The van der Waals surface area contributed by atoms with Gasteiger partial charge in [-0.2, -0.15) is 4.98 Å². The molecule has 1 saturated carbocycles. The monoisotopic (exact) mass is 473 g/mol. The summed E-state index contributed by atoms with van der Waals surface area (Å²) in [7, 11) is 13.2. The molecule has 3 aromatic rings. The van der Waals surface area contributed by atoms with Gasteiger partial charge in [-0.05, 0) is 55.5 Å². The second-order valence-corrected chi connectivity index (χ2v) is 9.13. The van der Waals surface area contributed by atoms with Crippen LogP contribution >= 0.6 is 0 Å². The molecular weight excluding hydrogens is 441 g/mol. The van der Waals surface area contributed by atoms with E-state index in [1.807, 2.05) is 43.3 Å². The van der Waals surface area contributed by atoms with Gasteiger partial charge in [0.2, 0.25) is 11.9 Å². The van der Waals surface area contributed by atoms with Gasteiger partial charge in [0, 0.05) is 31.6 Å². The van der Waals surface area contributed by atoms with E-state index in [1.54, 1.807) is 26.4 Å². The van der Waals surface area contributed by atoms with E-state index in [0.29, 0.717) is 22.9 Å². The van der Waals surface area contributed by atoms with Crippen molar-refractivity contribution in [2.45, 2.75) is 44.2 Å². The largest absolute Gasteiger partial charge is 0.493 e. The van der Waals surface area contributed by atoms with Crippen LogP contribution in [-0.4, -0.2) is 64.1 Å². The van der Waals surface area contributed by atoms with Crippen molar-refractivity contribution in [3.63, 3.8) is 0 Å². The van der Waals surface area contributed by atoms with E-state index in [-0.39, 0.29) is 24.4 Å². The number of anilines is 2. The standard InChI is InChI=1S/C26H32BN5O3/c1-32(2)25-19-7-5-6-8-21(19)30-26(31-25)29-18-11-9-17(10-12-18)28-24(33)14-16-13-22(34-3)23(35-4)15-20(16)27/h5-8,13,15,17-18H,9-12,14H2,1-4H3,(H,28,33)(H,29,30,31). The van der Waals surface area contributed by atoms with Crippen molar-refractivity contribution in [3.05, 3.63) is 42.0 Å². The molecule has 0 bridgehead atoms. The zero-order chi connectivity index (χ0) is 24.9. The number of hydrogen-bond donors (Lipinski definition) is 2. The normalized spacial score (nSPS) is 17.6. The Morgan fingerprint density at radius 2 is 1.69 bits per heavy atom. The first kappa shape index (κ1) is 24.6. The van der Waals surface area contributed by atoms with Gasteiger partial charge in [0.15, 0.2) is 11.5 Å². The zero-order valence-electron chi connectivity index (χ0n) is 20.8. The lowest BCUT2D eigenvalue weighted by Gasteiger charge is -2.30. The number of carbonyl (C=O) groups is 1. The Labute approximate surface area is 207 Å². The number of aromatic nitrogens is 2. The van der Waals surface area contributed by atoms with Crippen LogP contribution in [0.2, 0.25) is 0 Å². The average Bonchev–Trinajstić information content (AvgIpc) is 2.85. The van der Waals surface area contributed by atoms with Gasteiger partial charge in [0.05, 0.1) is 26.2 Å². The molecule has 35 heavy (non-hydrogen) atoms. The van der Waals surface area contributed by atoms with Gasteiger partial charge in [-0.3, -0.25) is 4.79 Å². The third-order valence-corrected chi connectivity index (χ3v) is 6.43. The number of ether oxygens (including phenoxy) is 2. The van der Waals surface area contributed by atoms with Crippen LogP contribution in [0.3, 0.4) is 0 Å². The smallest absolute Gasteiger partial charge is 0.225 e. The molecule has 2 N–H and O–H groups in total. The maximum Gasteiger partial charge on any atom is 0.225 e. The Morgan fingerprint density at radius 3 is 2.37 bits per heavy atom. The quantitative estimate of drug-likeness (QED) is 0.487. The molecular formula is C26H32BN5O3. The van der Waals surface area contributed by atoms with E-state index >= 15 is 0 Å². The number of nitrogens with zero attached hydrogens (tertiary/aromatic N) is 3. The van der Waals surface area contributed by atoms with E-state index < -0.39 is 0 Å². The summed E-state index contributed by atoms with van der Waals surface area (Å²) in [5.41, 5.74) is 2.16. The Morgan fingerprint density at radius 1 is 1.03 bits per heavy atom. The highest BCUT2D eigenvalue weighted by Crippen LogP contribution is 2.28. The van der Waals surface area contributed by atoms with Crippen molar-refractivity contribution in [1.82, 2.24) is 15.3 Å². The third kappa shape index (κ3) is 5.78. The van der Waals surface area contributed by atoms with Gasteiger partial charge in [-0.25, -0.2) is 4.98 Å². The van der Waals surface area contributed by atoms with Crippen LogP contribution in [0.1, 0.15) is 31.2 Å². The molecule has 0 aliphatic heterocycles. The van der Waals surface area contributed by atoms with Crippen LogP contribution in [0, 0.1) is 0 Å². The number of carbonyl (C=O) groups excluding carboxylic acids is 1. The number of benzene rings is 2. The zero-order valence-corrected chi connectivity index (χ0v) is 20.8. The highest BCUT2D eigenvalue weighted by molar-refractivity contribution is 6.33. The van der Waals surface area contributed by atoms with Crippen molar-refractivity contribution in [2.75, 3.05) is 38.5 Å². The molecule has 9 heteroatoms. The molecule has 1 fully saturated rings. The number of amides is 1. The lowest BCUT2D eigenvalue weighted by Crippen LogP contribution is -2.41. The summed E-state index contributed by atoms with van der Waals surface area (Å²) in [5, 5.41) is 7.70. The summed E-state index contributed by atoms with van der Waals surface area (Å²) in [6.07, 6.45) is 3.83. The molecule has 0 unspecified atom stereocenters. The van der Waals surface area contributed by atoms with E-state index in [1.165, 1.54) is 0 Å². The maximum absolute atomic E-state index is 12.7. The van der Waals surface area contributed by atoms with Crippen LogP contribution in [0.5, 0.6) is 11.5 Å². The molecule has 0 spiro atoms. The first-order chi connectivity index (χ1) is 16.9. The maximum atomic E-state index is 12.7. The Balaban J connectivity index is 1.33. The summed E-state index contributed by atoms with van der Waals surface area (Å²) in [4.78, 5) is 24.2. The molecule has 2 aromatic carbocycles. The second-order valence-electron chi connectivity index (χ2n) is 9.13. The fourth-order valence-corrected chi connectivity index (χ4v) is 4.57. The van der Waals surface area contributed by atoms with Crippen molar-refractivity contribution < 1.29 is 14.3 Å². The molecule has 2 radical (unpaired) electrons. The minimum absolute atomic E-state index is 0.0474. The molecule has 0 saturated heterocycles. The molecule has 1 aromatic heterocycles. The Kier molecular flexibility index (Phi) is 7.63. The lowest BCUT2D eigenvalue weighted by molar-refractivity contribution is -0.121. The predicted molar refractivity (Wildman–Crippen MR) is 140 cm³/mol. The molecule has 0 atom stereocenters. The fourth-order valence-electron chi connectivity index (χ4n) is 4.57. The van der Waals surface area contributed by atoms with Crippen LogP contribution < -0.4 is 30.5 Å². The molecule has 1 aliphatic carbocycles. The van der Waals surface area contributed by atoms with Gasteiger partial charge in [0.1, 0.15) is 13.7 Å². The summed E-state index contributed by atoms with van der Waals surface area (Å²) in [6.45, 7) is 0. The van der Waals surface area contributed by atoms with Crippen molar-refractivity contribution in [3.8, 4) is 11.5 Å². The van der Waals surface area contributed by atoms with Gasteiger partial charge < -0.3 is 25.0 Å². The summed E-state index contributed by atoms with van der Waals surface area (Å²) < 4.78 is 10.6. The summed E-state index contributed by atoms with van der Waals surface area (Å²) >= 11 is 0. The van der Waals surface area contributed by atoms with Crippen LogP contribution in [0.25, 0.3) is 10.9 Å². The van der Waals surface area contributed by atoms with E-state index in [2.05, 4.69) is 10.6 Å². The number of hydrogen-bond acceptors (Lipinski definition) is 7. The molecule has 1 heterocycles. The van der Waals surface area contributed by atoms with E-state index in [4.69, 9.17) is 27.3 Å². The predicted octanol–water partition coefficient (Wildman–Crippen LogP) is 2.59. The number of fused-ring (bicyclic) bond motifs is 1. The van der Waals surface area contributed by atoms with Crippen molar-refractivity contribution in [2.24, 2.45) is 0 Å². The fraction of sp³-hybridized carbons (Fsp3) is 0.423. The van der Waals surface area contributed by atoms with E-state index in [9.17, 15) is 4.79 Å². The van der Waals surface area contributed by atoms with Gasteiger partial charge in [0.25, 0.3) is 0 Å². The highest BCUT2D eigenvalue weighted by Gasteiger charge is 2.24. The highest BCUT2D eigenvalue weighted by atomic mass is 16.5. The van der Waals surface area contributed by atoms with Crippen LogP contribution in [0.15, 0.2) is 36.4 Å². The number of methoxy groups -OCH3 is 2. The third-order valence-electron chi connectivity index (χ3n) is 6.43. The van der Waals surface area contributed by atoms with E-state index in [0.717, 1.165) is 48.0 Å². The van der Waals surface area contributed by atoms with Crippen LogP contribution in [-0.2, 0) is 11.2 Å². The van der Waals surface area contributed by atoms with Gasteiger partial charge >= 0.3 is 0 Å².